The maximum absolute atomic E-state index is 12.2. The predicted molar refractivity (Wildman–Crippen MR) is 79.4 cm³/mol. The Kier molecular flexibility index (Phi) is 4.70. The van der Waals surface area contributed by atoms with Gasteiger partial charge in [-0.1, -0.05) is 38.2 Å². The largest absolute Gasteiger partial charge is 0.389 e. The van der Waals surface area contributed by atoms with E-state index in [0.717, 1.165) is 0 Å². The van der Waals surface area contributed by atoms with Crippen LogP contribution in [0.3, 0.4) is 0 Å². The molecule has 1 aromatic carbocycles. The number of rotatable bonds is 5. The van der Waals surface area contributed by atoms with Crippen LogP contribution in [0.4, 0.5) is 5.69 Å². The Labute approximate surface area is 114 Å². The maximum Gasteiger partial charge on any atom is 0.235 e. The van der Waals surface area contributed by atoms with Gasteiger partial charge in [-0.15, -0.1) is 0 Å². The molecule has 0 fully saturated rings. The van der Waals surface area contributed by atoms with Gasteiger partial charge in [-0.3, -0.25) is 4.31 Å². The monoisotopic (exact) mass is 286 g/mol. The maximum atomic E-state index is 12.2. The van der Waals surface area contributed by atoms with Gasteiger partial charge in [0.2, 0.25) is 10.0 Å². The van der Waals surface area contributed by atoms with Crippen LogP contribution in [0.5, 0.6) is 0 Å². The van der Waals surface area contributed by atoms with Crippen LogP contribution in [0, 0.1) is 5.92 Å². The van der Waals surface area contributed by atoms with Crippen molar-refractivity contribution in [3.05, 3.63) is 29.8 Å². The van der Waals surface area contributed by atoms with Gasteiger partial charge in [-0.2, -0.15) is 0 Å². The summed E-state index contributed by atoms with van der Waals surface area (Å²) in [6.07, 6.45) is 0. The molecule has 6 heteroatoms. The molecule has 1 rings (SSSR count). The van der Waals surface area contributed by atoms with E-state index in [-0.39, 0.29) is 16.7 Å². The minimum absolute atomic E-state index is 0.0643. The second-order valence-electron chi connectivity index (χ2n) is 4.52. The van der Waals surface area contributed by atoms with Crippen LogP contribution >= 0.6 is 12.2 Å². The highest BCUT2D eigenvalue weighted by molar-refractivity contribution is 7.92. The molecule has 0 unspecified atom stereocenters. The first kappa shape index (κ1) is 14.9. The Morgan fingerprint density at radius 1 is 1.39 bits per heavy atom. The zero-order valence-corrected chi connectivity index (χ0v) is 12.4. The van der Waals surface area contributed by atoms with Crippen molar-refractivity contribution in [3.63, 3.8) is 0 Å². The van der Waals surface area contributed by atoms with E-state index in [9.17, 15) is 8.42 Å². The van der Waals surface area contributed by atoms with Crippen molar-refractivity contribution in [2.45, 2.75) is 13.8 Å². The lowest BCUT2D eigenvalue weighted by molar-refractivity contribution is 0.580. The summed E-state index contributed by atoms with van der Waals surface area (Å²) in [4.78, 5) is 0.192. The molecule has 18 heavy (non-hydrogen) atoms. The Morgan fingerprint density at radius 3 is 2.44 bits per heavy atom. The predicted octanol–water partition coefficient (Wildman–Crippen LogP) is 1.74. The third-order valence-corrected chi connectivity index (χ3v) is 4.81. The smallest absolute Gasteiger partial charge is 0.235 e. The van der Waals surface area contributed by atoms with Crippen molar-refractivity contribution in [2.75, 3.05) is 17.1 Å². The Bertz CT molecular complexity index is 539. The lowest BCUT2D eigenvalue weighted by Crippen LogP contribution is -2.32. The highest BCUT2D eigenvalue weighted by atomic mass is 32.2. The molecule has 0 aliphatic carbocycles. The number of benzene rings is 1. The molecule has 0 amide bonds. The molecule has 0 bridgehead atoms. The second-order valence-corrected chi connectivity index (χ2v) is 7.01. The van der Waals surface area contributed by atoms with Crippen LogP contribution in [0.25, 0.3) is 0 Å². The van der Waals surface area contributed by atoms with Crippen molar-refractivity contribution < 1.29 is 8.42 Å². The summed E-state index contributed by atoms with van der Waals surface area (Å²) >= 11 is 4.94. The van der Waals surface area contributed by atoms with Crippen molar-refractivity contribution in [1.29, 1.82) is 0 Å². The summed E-state index contributed by atoms with van der Waals surface area (Å²) in [5.41, 5.74) is 6.70. The number of thiocarbonyl (C=S) groups is 1. The molecule has 100 valence electrons. The molecule has 0 aromatic heterocycles. The molecule has 2 N–H and O–H groups in total. The van der Waals surface area contributed by atoms with Crippen molar-refractivity contribution >= 4 is 32.9 Å². The van der Waals surface area contributed by atoms with Gasteiger partial charge in [0.1, 0.15) is 4.99 Å². The number of sulfonamides is 1. The molecule has 0 heterocycles. The van der Waals surface area contributed by atoms with Crippen molar-refractivity contribution in [3.8, 4) is 0 Å². The summed E-state index contributed by atoms with van der Waals surface area (Å²) in [5, 5.41) is 0. The Hall–Kier alpha value is -1.14. The first-order valence-electron chi connectivity index (χ1n) is 5.61. The summed E-state index contributed by atoms with van der Waals surface area (Å²) in [7, 11) is -1.83. The molecule has 0 aliphatic rings. The number of hydrogen-bond acceptors (Lipinski definition) is 3. The molecule has 1 aromatic rings. The minimum atomic E-state index is -3.35. The summed E-state index contributed by atoms with van der Waals surface area (Å²) in [6.45, 7) is 3.73. The van der Waals surface area contributed by atoms with Gasteiger partial charge in [0.25, 0.3) is 0 Å². The van der Waals surface area contributed by atoms with E-state index in [0.29, 0.717) is 11.3 Å². The van der Waals surface area contributed by atoms with E-state index in [4.69, 9.17) is 18.0 Å². The molecule has 0 saturated heterocycles. The lowest BCUT2D eigenvalue weighted by Gasteiger charge is -2.22. The van der Waals surface area contributed by atoms with Crippen molar-refractivity contribution in [2.24, 2.45) is 11.7 Å². The molecule has 4 nitrogen and oxygen atoms in total. The number of hydrogen-bond donors (Lipinski definition) is 1. The van der Waals surface area contributed by atoms with E-state index in [1.165, 1.54) is 11.4 Å². The van der Waals surface area contributed by atoms with Crippen LogP contribution in [0.15, 0.2) is 24.3 Å². The molecule has 0 atom stereocenters. The number of nitrogens with two attached hydrogens (primary N) is 1. The fourth-order valence-electron chi connectivity index (χ4n) is 1.64. The number of para-hydroxylation sites is 1. The van der Waals surface area contributed by atoms with Gasteiger partial charge < -0.3 is 5.73 Å². The fraction of sp³-hybridized carbons (Fsp3) is 0.417. The van der Waals surface area contributed by atoms with E-state index >= 15 is 0 Å². The summed E-state index contributed by atoms with van der Waals surface area (Å²) in [6, 6.07) is 6.96. The zero-order chi connectivity index (χ0) is 13.9. The van der Waals surface area contributed by atoms with Gasteiger partial charge in [0.05, 0.1) is 11.4 Å². The van der Waals surface area contributed by atoms with Crippen LogP contribution in [0.1, 0.15) is 19.4 Å². The Morgan fingerprint density at radius 2 is 1.94 bits per heavy atom. The lowest BCUT2D eigenvalue weighted by atomic mass is 10.2. The third kappa shape index (κ3) is 3.43. The van der Waals surface area contributed by atoms with Gasteiger partial charge >= 0.3 is 0 Å². The molecular weight excluding hydrogens is 268 g/mol. The summed E-state index contributed by atoms with van der Waals surface area (Å²) in [5.74, 6) is 0.157. The molecule has 0 radical (unpaired) electrons. The van der Waals surface area contributed by atoms with Crippen molar-refractivity contribution in [1.82, 2.24) is 0 Å². The molecule has 0 aliphatic heterocycles. The average Bonchev–Trinajstić information content (AvgIpc) is 2.26. The van der Waals surface area contributed by atoms with Gasteiger partial charge in [0.15, 0.2) is 0 Å². The number of anilines is 1. The molecule has 0 saturated carbocycles. The van der Waals surface area contributed by atoms with E-state index in [1.54, 1.807) is 24.3 Å². The summed E-state index contributed by atoms with van der Waals surface area (Å²) < 4.78 is 25.6. The molecule has 0 spiro atoms. The van der Waals surface area contributed by atoms with Crippen LogP contribution < -0.4 is 10.0 Å². The number of nitrogens with zero attached hydrogens (tertiary/aromatic N) is 1. The second kappa shape index (κ2) is 5.67. The van der Waals surface area contributed by atoms with Crippen LogP contribution in [-0.2, 0) is 10.0 Å². The first-order valence-corrected chi connectivity index (χ1v) is 7.63. The van der Waals surface area contributed by atoms with Gasteiger partial charge in [0, 0.05) is 12.6 Å². The third-order valence-electron chi connectivity index (χ3n) is 2.47. The van der Waals surface area contributed by atoms with E-state index < -0.39 is 10.0 Å². The van der Waals surface area contributed by atoms with Crippen LogP contribution in [-0.4, -0.2) is 26.2 Å². The van der Waals surface area contributed by atoms with Crippen LogP contribution in [0.2, 0.25) is 0 Å². The highest BCUT2D eigenvalue weighted by Crippen LogP contribution is 2.22. The molecular formula is C12H18N2O2S2. The first-order chi connectivity index (χ1) is 8.25. The Balaban J connectivity index is 3.19. The van der Waals surface area contributed by atoms with E-state index in [2.05, 4.69) is 0 Å². The zero-order valence-electron chi connectivity index (χ0n) is 10.8. The highest BCUT2D eigenvalue weighted by Gasteiger charge is 2.22. The van der Waals surface area contributed by atoms with Gasteiger partial charge in [-0.25, -0.2) is 8.42 Å². The van der Waals surface area contributed by atoms with Gasteiger partial charge in [-0.05, 0) is 18.1 Å². The standard InChI is InChI=1S/C12H18N2O2S2/c1-9(2)8-18(15,16)14(3)11-7-5-4-6-10(11)12(13)17/h4-7,9H,8H2,1-3H3,(H2,13,17). The topological polar surface area (TPSA) is 63.4 Å². The van der Waals surface area contributed by atoms with E-state index in [1.807, 2.05) is 13.8 Å². The minimum Gasteiger partial charge on any atom is -0.389 e. The average molecular weight is 286 g/mol. The quantitative estimate of drug-likeness (QED) is 0.838. The normalized spacial score (nSPS) is 11.6. The fourth-order valence-corrected chi connectivity index (χ4v) is 3.34. The SMILES string of the molecule is CC(C)CS(=O)(=O)N(C)c1ccccc1C(N)=S.